The number of sulfonamides is 1. The van der Waals surface area contributed by atoms with Gasteiger partial charge >= 0.3 is 0 Å². The van der Waals surface area contributed by atoms with Crippen molar-refractivity contribution in [3.8, 4) is 0 Å². The average molecular weight is 562 g/mol. The van der Waals surface area contributed by atoms with Crippen LogP contribution in [0.4, 0.5) is 5.69 Å². The van der Waals surface area contributed by atoms with Crippen LogP contribution in [0.1, 0.15) is 68.6 Å². The Morgan fingerprint density at radius 1 is 1.05 bits per heavy atom. The monoisotopic (exact) mass is 561 g/mol. The number of anilines is 1. The molecule has 1 aliphatic carbocycles. The van der Waals surface area contributed by atoms with Crippen LogP contribution in [0.3, 0.4) is 0 Å². The highest BCUT2D eigenvalue weighted by Gasteiger charge is 2.28. The van der Waals surface area contributed by atoms with E-state index in [1.807, 2.05) is 44.2 Å². The van der Waals surface area contributed by atoms with Crippen LogP contribution in [0.15, 0.2) is 42.5 Å². The van der Waals surface area contributed by atoms with Gasteiger partial charge in [0.2, 0.25) is 21.8 Å². The number of nitrogens with one attached hydrogen (secondary N) is 1. The highest BCUT2D eigenvalue weighted by atomic mass is 35.5. The number of hydrogen-bond acceptors (Lipinski definition) is 4. The molecule has 9 heteroatoms. The molecule has 1 saturated carbocycles. The molecule has 1 fully saturated rings. The lowest BCUT2D eigenvalue weighted by Gasteiger charge is -2.31. The van der Waals surface area contributed by atoms with E-state index in [9.17, 15) is 18.0 Å². The first-order chi connectivity index (χ1) is 17.9. The molecule has 0 bridgehead atoms. The Bertz CT molecular complexity index is 1210. The molecule has 0 heterocycles. The van der Waals surface area contributed by atoms with E-state index >= 15 is 0 Å². The number of aryl methyl sites for hydroxylation is 2. The zero-order chi connectivity index (χ0) is 27.9. The summed E-state index contributed by atoms with van der Waals surface area (Å²) in [6.07, 6.45) is 6.91. The number of rotatable bonds is 11. The maximum absolute atomic E-state index is 13.5. The number of amides is 2. The second kappa shape index (κ2) is 13.5. The first-order valence-corrected chi connectivity index (χ1v) is 15.6. The lowest BCUT2D eigenvalue weighted by Crippen LogP contribution is -2.50. The zero-order valence-corrected chi connectivity index (χ0v) is 24.4. The van der Waals surface area contributed by atoms with E-state index in [-0.39, 0.29) is 37.4 Å². The van der Waals surface area contributed by atoms with Crippen LogP contribution in [-0.4, -0.2) is 50.0 Å². The Hall–Kier alpha value is -2.58. The van der Waals surface area contributed by atoms with E-state index in [1.54, 1.807) is 24.0 Å². The van der Waals surface area contributed by atoms with Crippen molar-refractivity contribution >= 4 is 39.1 Å². The van der Waals surface area contributed by atoms with E-state index in [2.05, 4.69) is 5.32 Å². The van der Waals surface area contributed by atoms with Crippen molar-refractivity contribution < 1.29 is 18.0 Å². The van der Waals surface area contributed by atoms with E-state index in [4.69, 9.17) is 11.6 Å². The molecule has 1 atom stereocenters. The number of benzene rings is 2. The largest absolute Gasteiger partial charge is 0.352 e. The van der Waals surface area contributed by atoms with Gasteiger partial charge in [-0.3, -0.25) is 13.9 Å². The summed E-state index contributed by atoms with van der Waals surface area (Å²) < 4.78 is 26.5. The molecular formula is C29H40ClN3O4S. The molecular weight excluding hydrogens is 522 g/mol. The Morgan fingerprint density at radius 2 is 1.71 bits per heavy atom. The summed E-state index contributed by atoms with van der Waals surface area (Å²) in [5.74, 6) is -0.370. The molecule has 7 nitrogen and oxygen atoms in total. The SMILES string of the molecule is Cc1cc(C)cc(N(CCCC(=O)N(Cc2cccc(Cl)c2)C(C)C(=O)NC2CCCCC2)S(C)(=O)=O)c1. The van der Waals surface area contributed by atoms with Crippen molar-refractivity contribution in [1.82, 2.24) is 10.2 Å². The van der Waals surface area contributed by atoms with Gasteiger partial charge in [0.1, 0.15) is 6.04 Å². The number of carbonyl (C=O) groups is 2. The summed E-state index contributed by atoms with van der Waals surface area (Å²) >= 11 is 6.18. The summed E-state index contributed by atoms with van der Waals surface area (Å²) in [7, 11) is -3.54. The van der Waals surface area contributed by atoms with Crippen LogP contribution in [0.2, 0.25) is 5.02 Å². The van der Waals surface area contributed by atoms with Gasteiger partial charge in [-0.15, -0.1) is 0 Å². The van der Waals surface area contributed by atoms with Gasteiger partial charge in [-0.25, -0.2) is 8.42 Å². The minimum Gasteiger partial charge on any atom is -0.352 e. The second-order valence-corrected chi connectivity index (χ2v) is 12.8. The van der Waals surface area contributed by atoms with Crippen molar-refractivity contribution in [2.24, 2.45) is 0 Å². The minimum absolute atomic E-state index is 0.110. The fourth-order valence-electron chi connectivity index (χ4n) is 5.08. The van der Waals surface area contributed by atoms with Gasteiger partial charge in [-0.05, 0) is 81.0 Å². The highest BCUT2D eigenvalue weighted by molar-refractivity contribution is 7.92. The zero-order valence-electron chi connectivity index (χ0n) is 22.9. The number of carbonyl (C=O) groups excluding carboxylic acids is 2. The van der Waals surface area contributed by atoms with Gasteiger partial charge in [-0.1, -0.05) is 49.1 Å². The number of halogens is 1. The summed E-state index contributed by atoms with van der Waals surface area (Å²) in [6, 6.07) is 12.4. The third-order valence-electron chi connectivity index (χ3n) is 7.01. The highest BCUT2D eigenvalue weighted by Crippen LogP contribution is 2.23. The van der Waals surface area contributed by atoms with Gasteiger partial charge in [0.15, 0.2) is 0 Å². The standard InChI is InChI=1S/C29H40ClN3O4S/c1-21-16-22(2)18-27(17-21)33(38(4,36)37)15-9-14-28(34)32(20-24-10-8-11-25(30)19-24)23(3)29(35)31-26-12-6-5-7-13-26/h8,10-11,16-19,23,26H,5-7,9,12-15,20H2,1-4H3,(H,31,35). The van der Waals surface area contributed by atoms with E-state index in [0.717, 1.165) is 42.4 Å². The maximum Gasteiger partial charge on any atom is 0.242 e. The van der Waals surface area contributed by atoms with Crippen LogP contribution >= 0.6 is 11.6 Å². The first-order valence-electron chi connectivity index (χ1n) is 13.3. The number of hydrogen-bond donors (Lipinski definition) is 1. The maximum atomic E-state index is 13.5. The summed E-state index contributed by atoms with van der Waals surface area (Å²) in [5, 5.41) is 3.69. The molecule has 1 aliphatic rings. The molecule has 2 aromatic rings. The van der Waals surface area contributed by atoms with Gasteiger partial charge < -0.3 is 10.2 Å². The van der Waals surface area contributed by atoms with Crippen molar-refractivity contribution in [2.45, 2.75) is 84.3 Å². The van der Waals surface area contributed by atoms with Crippen molar-refractivity contribution in [3.63, 3.8) is 0 Å². The normalized spacial score (nSPS) is 15.1. The Kier molecular flexibility index (Phi) is 10.6. The Labute approximate surface area is 232 Å². The van der Waals surface area contributed by atoms with Crippen LogP contribution < -0.4 is 9.62 Å². The van der Waals surface area contributed by atoms with Gasteiger partial charge in [0.25, 0.3) is 0 Å². The smallest absolute Gasteiger partial charge is 0.242 e. The molecule has 1 N–H and O–H groups in total. The fourth-order valence-corrected chi connectivity index (χ4v) is 6.24. The van der Waals surface area contributed by atoms with Crippen molar-refractivity contribution in [1.29, 1.82) is 0 Å². The molecule has 0 aliphatic heterocycles. The molecule has 3 rings (SSSR count). The summed E-state index contributed by atoms with van der Waals surface area (Å²) in [6.45, 7) is 6.01. The Balaban J connectivity index is 1.73. The van der Waals surface area contributed by atoms with Crippen molar-refractivity contribution in [2.75, 3.05) is 17.1 Å². The predicted octanol–water partition coefficient (Wildman–Crippen LogP) is 5.37. The molecule has 38 heavy (non-hydrogen) atoms. The predicted molar refractivity (Wildman–Crippen MR) is 154 cm³/mol. The van der Waals surface area contributed by atoms with Gasteiger partial charge in [-0.2, -0.15) is 0 Å². The summed E-state index contributed by atoms with van der Waals surface area (Å²) in [5.41, 5.74) is 3.36. The molecule has 2 aromatic carbocycles. The lowest BCUT2D eigenvalue weighted by molar-refractivity contribution is -0.141. The van der Waals surface area contributed by atoms with Gasteiger partial charge in [0, 0.05) is 30.6 Å². The molecule has 0 spiro atoms. The number of nitrogens with zero attached hydrogens (tertiary/aromatic N) is 2. The third kappa shape index (κ3) is 8.73. The minimum atomic E-state index is -3.54. The molecule has 0 aromatic heterocycles. The molecule has 0 radical (unpaired) electrons. The molecule has 1 unspecified atom stereocenters. The van der Waals surface area contributed by atoms with Gasteiger partial charge in [0.05, 0.1) is 11.9 Å². The third-order valence-corrected chi connectivity index (χ3v) is 8.44. The van der Waals surface area contributed by atoms with Crippen LogP contribution in [-0.2, 0) is 26.2 Å². The molecule has 208 valence electrons. The van der Waals surface area contributed by atoms with Crippen LogP contribution in [0, 0.1) is 13.8 Å². The second-order valence-electron chi connectivity index (χ2n) is 10.5. The molecule has 2 amide bonds. The van der Waals surface area contributed by atoms with E-state index in [1.165, 1.54) is 17.0 Å². The fraction of sp³-hybridized carbons (Fsp3) is 0.517. The van der Waals surface area contributed by atoms with E-state index < -0.39 is 16.1 Å². The lowest BCUT2D eigenvalue weighted by atomic mass is 9.95. The van der Waals surface area contributed by atoms with E-state index in [0.29, 0.717) is 17.1 Å². The van der Waals surface area contributed by atoms with Crippen molar-refractivity contribution in [3.05, 3.63) is 64.2 Å². The first kappa shape index (κ1) is 30.0. The molecule has 0 saturated heterocycles. The quantitative estimate of drug-likeness (QED) is 0.399. The summed E-state index contributed by atoms with van der Waals surface area (Å²) in [4.78, 5) is 28.2. The average Bonchev–Trinajstić information content (AvgIpc) is 2.84. The topological polar surface area (TPSA) is 86.8 Å². The Morgan fingerprint density at radius 3 is 2.32 bits per heavy atom. The van der Waals surface area contributed by atoms with Crippen LogP contribution in [0.25, 0.3) is 0 Å². The van der Waals surface area contributed by atoms with Crippen LogP contribution in [0.5, 0.6) is 0 Å².